The van der Waals surface area contributed by atoms with Crippen LogP contribution in [0.25, 0.3) is 10.9 Å². The molecule has 1 atom stereocenters. The average molecular weight is 484 g/mol. The Labute approximate surface area is 191 Å². The van der Waals surface area contributed by atoms with Gasteiger partial charge in [0.2, 0.25) is 11.4 Å². The Balaban J connectivity index is 1.57. The summed E-state index contributed by atoms with van der Waals surface area (Å²) in [5, 5.41) is 1.28. The van der Waals surface area contributed by atoms with Crippen LogP contribution in [0.3, 0.4) is 0 Å². The summed E-state index contributed by atoms with van der Waals surface area (Å²) < 4.78 is 3.42. The van der Waals surface area contributed by atoms with Gasteiger partial charge in [0.1, 0.15) is 0 Å². The van der Waals surface area contributed by atoms with Crippen LogP contribution in [0.4, 0.5) is 5.69 Å². The SMILES string of the molecule is CCCCC1CCc2cccc3c(SCC(=O)N(C)c4ccccc4Br)cc[n+]1c23. The molecule has 30 heavy (non-hydrogen) atoms. The maximum atomic E-state index is 12.9. The van der Waals surface area contributed by atoms with Gasteiger partial charge in [-0.3, -0.25) is 4.79 Å². The van der Waals surface area contributed by atoms with Crippen molar-refractivity contribution in [3.8, 4) is 0 Å². The fourth-order valence-corrected chi connectivity index (χ4v) is 5.82. The fourth-order valence-electron chi connectivity index (χ4n) is 4.32. The van der Waals surface area contributed by atoms with E-state index in [4.69, 9.17) is 0 Å². The van der Waals surface area contributed by atoms with E-state index in [1.165, 1.54) is 47.0 Å². The number of unbranched alkanes of at least 4 members (excludes halogenated alkanes) is 1. The van der Waals surface area contributed by atoms with E-state index in [1.54, 1.807) is 16.7 Å². The lowest BCUT2D eigenvalue weighted by Gasteiger charge is -2.21. The minimum Gasteiger partial charge on any atom is -0.314 e. The molecule has 1 aliphatic heterocycles. The van der Waals surface area contributed by atoms with Crippen LogP contribution in [-0.4, -0.2) is 18.7 Å². The van der Waals surface area contributed by atoms with Crippen LogP contribution in [0.2, 0.25) is 0 Å². The first kappa shape index (κ1) is 21.4. The molecule has 0 radical (unpaired) electrons. The van der Waals surface area contributed by atoms with Gasteiger partial charge in [0, 0.05) is 40.9 Å². The second kappa shape index (κ2) is 9.52. The van der Waals surface area contributed by atoms with Gasteiger partial charge in [-0.1, -0.05) is 37.6 Å². The minimum atomic E-state index is 0.0980. The zero-order valence-corrected chi connectivity index (χ0v) is 20.0. The summed E-state index contributed by atoms with van der Waals surface area (Å²) in [7, 11) is 1.84. The summed E-state index contributed by atoms with van der Waals surface area (Å²) in [5.41, 5.74) is 3.69. The van der Waals surface area contributed by atoms with Crippen LogP contribution >= 0.6 is 27.7 Å². The first-order valence-electron chi connectivity index (χ1n) is 10.7. The molecule has 156 valence electrons. The molecule has 1 aromatic heterocycles. The Morgan fingerprint density at radius 1 is 1.20 bits per heavy atom. The quantitative estimate of drug-likeness (QED) is 0.289. The first-order valence-corrected chi connectivity index (χ1v) is 12.5. The maximum Gasteiger partial charge on any atom is 0.237 e. The number of nitrogens with zero attached hydrogens (tertiary/aromatic N) is 2. The number of halogens is 1. The maximum absolute atomic E-state index is 12.9. The van der Waals surface area contributed by atoms with Crippen molar-refractivity contribution in [2.75, 3.05) is 17.7 Å². The number of pyridine rings is 1. The Morgan fingerprint density at radius 3 is 2.83 bits per heavy atom. The van der Waals surface area contributed by atoms with Gasteiger partial charge >= 0.3 is 0 Å². The zero-order chi connectivity index (χ0) is 21.1. The molecule has 1 amide bonds. The van der Waals surface area contributed by atoms with Crippen LogP contribution in [-0.2, 0) is 11.2 Å². The minimum absolute atomic E-state index is 0.0980. The average Bonchev–Trinajstić information content (AvgIpc) is 2.77. The largest absolute Gasteiger partial charge is 0.314 e. The van der Waals surface area contributed by atoms with E-state index in [0.29, 0.717) is 11.8 Å². The number of carbonyl (C=O) groups is 1. The number of aromatic nitrogens is 1. The van der Waals surface area contributed by atoms with E-state index in [2.05, 4.69) is 57.9 Å². The summed E-state index contributed by atoms with van der Waals surface area (Å²) in [6.07, 6.45) is 8.36. The molecule has 3 nitrogen and oxygen atoms in total. The van der Waals surface area contributed by atoms with Crippen molar-refractivity contribution in [3.05, 3.63) is 64.8 Å². The third-order valence-electron chi connectivity index (χ3n) is 6.00. The normalized spacial score (nSPS) is 15.4. The van der Waals surface area contributed by atoms with Gasteiger partial charge < -0.3 is 4.90 Å². The highest BCUT2D eigenvalue weighted by atomic mass is 79.9. The molecule has 1 unspecified atom stereocenters. The van der Waals surface area contributed by atoms with Crippen molar-refractivity contribution in [1.29, 1.82) is 0 Å². The summed E-state index contributed by atoms with van der Waals surface area (Å²) >= 11 is 5.18. The van der Waals surface area contributed by atoms with Gasteiger partial charge in [-0.25, -0.2) is 0 Å². The Hall–Kier alpha value is -1.85. The zero-order valence-electron chi connectivity index (χ0n) is 17.6. The number of benzene rings is 2. The number of hydrogen-bond donors (Lipinski definition) is 0. The van der Waals surface area contributed by atoms with Crippen molar-refractivity contribution < 1.29 is 9.36 Å². The predicted octanol–water partition coefficient (Wildman–Crippen LogP) is 6.32. The molecule has 2 aromatic carbocycles. The van der Waals surface area contributed by atoms with Crippen LogP contribution in [0.1, 0.15) is 44.2 Å². The lowest BCUT2D eigenvalue weighted by molar-refractivity contribution is -0.703. The summed E-state index contributed by atoms with van der Waals surface area (Å²) in [5.74, 6) is 0.515. The molecule has 3 aromatic rings. The van der Waals surface area contributed by atoms with Crippen molar-refractivity contribution in [3.63, 3.8) is 0 Å². The molecule has 2 heterocycles. The highest BCUT2D eigenvalue weighted by molar-refractivity contribution is 9.10. The van der Waals surface area contributed by atoms with Gasteiger partial charge in [0.25, 0.3) is 0 Å². The summed E-state index contributed by atoms with van der Waals surface area (Å²) in [6.45, 7) is 2.26. The Morgan fingerprint density at radius 2 is 2.03 bits per heavy atom. The standard InChI is InChI=1S/C25H28BrN2OS/c1-3-4-9-19-14-13-18-8-7-10-20-23(15-16-28(19)25(18)20)30-17-24(29)27(2)22-12-6-5-11-21(22)26/h5-8,10-12,15-16,19H,3-4,9,13-14,17H2,1-2H3/q+1. The highest BCUT2D eigenvalue weighted by Crippen LogP contribution is 2.33. The number of rotatable bonds is 7. The molecule has 0 N–H and O–H groups in total. The third kappa shape index (κ3) is 4.28. The molecule has 1 aliphatic rings. The number of thioether (sulfide) groups is 1. The third-order valence-corrected chi connectivity index (χ3v) is 7.73. The highest BCUT2D eigenvalue weighted by Gasteiger charge is 2.29. The lowest BCUT2D eigenvalue weighted by atomic mass is 9.94. The van der Waals surface area contributed by atoms with Gasteiger partial charge in [-0.15, -0.1) is 11.8 Å². The van der Waals surface area contributed by atoms with E-state index in [0.717, 1.165) is 16.6 Å². The number of anilines is 1. The first-order chi connectivity index (χ1) is 14.6. The van der Waals surface area contributed by atoms with Crippen molar-refractivity contribution in [2.45, 2.75) is 50.0 Å². The monoisotopic (exact) mass is 483 g/mol. The number of para-hydroxylation sites is 2. The van der Waals surface area contributed by atoms with Gasteiger partial charge in [-0.2, -0.15) is 4.57 Å². The second-order valence-electron chi connectivity index (χ2n) is 7.93. The molecular formula is C25H28BrN2OS+. The van der Waals surface area contributed by atoms with Crippen LogP contribution in [0.5, 0.6) is 0 Å². The van der Waals surface area contributed by atoms with Crippen LogP contribution in [0.15, 0.2) is 64.1 Å². The smallest absolute Gasteiger partial charge is 0.237 e. The Bertz CT molecular complexity index is 1070. The lowest BCUT2D eigenvalue weighted by Crippen LogP contribution is -2.43. The van der Waals surface area contributed by atoms with Crippen LogP contribution < -0.4 is 9.47 Å². The number of hydrogen-bond acceptors (Lipinski definition) is 2. The van der Waals surface area contributed by atoms with E-state index < -0.39 is 0 Å². The Kier molecular flexibility index (Phi) is 6.79. The van der Waals surface area contributed by atoms with Gasteiger partial charge in [0.05, 0.1) is 16.8 Å². The molecule has 0 spiro atoms. The molecule has 0 bridgehead atoms. The van der Waals surface area contributed by atoms with Gasteiger partial charge in [-0.05, 0) is 47.0 Å². The molecule has 0 fully saturated rings. The fraction of sp³-hybridized carbons (Fsp3) is 0.360. The summed E-state index contributed by atoms with van der Waals surface area (Å²) in [6, 6.07) is 17.3. The number of aryl methyl sites for hydroxylation is 1. The topological polar surface area (TPSA) is 24.2 Å². The number of amides is 1. The molecule has 4 rings (SSSR count). The van der Waals surface area contributed by atoms with Crippen molar-refractivity contribution in [2.24, 2.45) is 0 Å². The molecule has 0 saturated carbocycles. The van der Waals surface area contributed by atoms with E-state index in [1.807, 2.05) is 31.3 Å². The second-order valence-corrected chi connectivity index (χ2v) is 9.80. The molecule has 5 heteroatoms. The summed E-state index contributed by atoms with van der Waals surface area (Å²) in [4.78, 5) is 15.8. The van der Waals surface area contributed by atoms with E-state index in [-0.39, 0.29) is 5.91 Å². The molecular weight excluding hydrogens is 456 g/mol. The van der Waals surface area contributed by atoms with Gasteiger partial charge in [0.15, 0.2) is 12.2 Å². The predicted molar refractivity (Wildman–Crippen MR) is 129 cm³/mol. The van der Waals surface area contributed by atoms with Crippen LogP contribution in [0, 0.1) is 0 Å². The molecule has 0 saturated heterocycles. The van der Waals surface area contributed by atoms with Crippen molar-refractivity contribution >= 4 is 50.2 Å². The number of carbonyl (C=O) groups excluding carboxylic acids is 1. The van der Waals surface area contributed by atoms with E-state index in [9.17, 15) is 4.79 Å². The molecule has 0 aliphatic carbocycles. The van der Waals surface area contributed by atoms with Crippen molar-refractivity contribution in [1.82, 2.24) is 0 Å². The van der Waals surface area contributed by atoms with E-state index >= 15 is 0 Å².